The lowest BCUT2D eigenvalue weighted by Gasteiger charge is -2.10. The first-order valence-corrected chi connectivity index (χ1v) is 9.51. The van der Waals surface area contributed by atoms with E-state index in [1.54, 1.807) is 18.4 Å². The molecule has 2 aromatic rings. The minimum atomic E-state index is -4.38. The fraction of sp³-hybridized carbons (Fsp3) is 0.533. The van der Waals surface area contributed by atoms with Gasteiger partial charge in [0.1, 0.15) is 0 Å². The number of aliphatic imine (C=N–C) groups is 1. The summed E-state index contributed by atoms with van der Waals surface area (Å²) in [6, 6.07) is 0. The molecule has 0 saturated carbocycles. The normalized spacial score (nSPS) is 12.0. The number of thiazole rings is 2. The molecule has 0 aromatic carbocycles. The highest BCUT2D eigenvalue weighted by Gasteiger charge is 2.33. The predicted octanol–water partition coefficient (Wildman–Crippen LogP) is 3.75. The Hall–Kier alpha value is -0.950. The maximum Gasteiger partial charge on any atom is 0.434 e. The Bertz CT molecular complexity index is 700. The van der Waals surface area contributed by atoms with Gasteiger partial charge >= 0.3 is 6.18 Å². The van der Waals surface area contributed by atoms with Gasteiger partial charge in [-0.05, 0) is 6.42 Å². The van der Waals surface area contributed by atoms with E-state index in [1.807, 2.05) is 6.20 Å². The molecule has 0 amide bonds. The number of aryl methyl sites for hydroxylation is 1. The highest BCUT2D eigenvalue weighted by Crippen LogP contribution is 2.29. The molecule has 0 aliphatic carbocycles. The topological polar surface area (TPSA) is 62.2 Å². The lowest BCUT2D eigenvalue weighted by atomic mass is 10.4. The average Bonchev–Trinajstić information content (AvgIpc) is 3.22. The van der Waals surface area contributed by atoms with Gasteiger partial charge in [-0.2, -0.15) is 13.2 Å². The molecular formula is C15H21F3IN5S2. The van der Waals surface area contributed by atoms with Crippen molar-refractivity contribution in [3.63, 3.8) is 0 Å². The molecule has 26 heavy (non-hydrogen) atoms. The summed E-state index contributed by atoms with van der Waals surface area (Å²) < 4.78 is 37.5. The highest BCUT2D eigenvalue weighted by atomic mass is 127. The van der Waals surface area contributed by atoms with E-state index < -0.39 is 11.9 Å². The molecule has 146 valence electrons. The average molecular weight is 519 g/mol. The van der Waals surface area contributed by atoms with Gasteiger partial charge < -0.3 is 10.6 Å². The summed E-state index contributed by atoms with van der Waals surface area (Å²) in [5.74, 6) is 0.611. The van der Waals surface area contributed by atoms with Crippen LogP contribution in [0.1, 0.15) is 27.5 Å². The summed E-state index contributed by atoms with van der Waals surface area (Å²) in [6.45, 7) is 3.24. The van der Waals surface area contributed by atoms with Gasteiger partial charge in [-0.15, -0.1) is 46.7 Å². The lowest BCUT2D eigenvalue weighted by Crippen LogP contribution is -2.39. The number of rotatable bonds is 7. The van der Waals surface area contributed by atoms with Crippen LogP contribution in [-0.2, 0) is 25.4 Å². The van der Waals surface area contributed by atoms with E-state index in [9.17, 15) is 13.2 Å². The minimum absolute atomic E-state index is 0. The maximum atomic E-state index is 12.5. The van der Waals surface area contributed by atoms with Crippen LogP contribution in [0.25, 0.3) is 0 Å². The number of alkyl halides is 3. The van der Waals surface area contributed by atoms with Gasteiger partial charge in [-0.25, -0.2) is 9.97 Å². The van der Waals surface area contributed by atoms with Crippen molar-refractivity contribution < 1.29 is 13.2 Å². The molecule has 0 aliphatic rings. The summed E-state index contributed by atoms with van der Waals surface area (Å²) in [5, 5.41) is 8.81. The van der Waals surface area contributed by atoms with E-state index in [0.717, 1.165) is 34.6 Å². The Labute approximate surface area is 175 Å². The zero-order valence-corrected chi connectivity index (χ0v) is 18.4. The van der Waals surface area contributed by atoms with E-state index >= 15 is 0 Å². The molecule has 0 spiro atoms. The molecule has 0 bridgehead atoms. The van der Waals surface area contributed by atoms with Crippen molar-refractivity contribution in [3.8, 4) is 0 Å². The van der Waals surface area contributed by atoms with Gasteiger partial charge in [0, 0.05) is 49.4 Å². The predicted molar refractivity (Wildman–Crippen MR) is 111 cm³/mol. The van der Waals surface area contributed by atoms with Gasteiger partial charge in [0.05, 0.1) is 10.0 Å². The van der Waals surface area contributed by atoms with Crippen LogP contribution >= 0.6 is 46.7 Å². The SMILES string of the molecule is CCc1cnc(CCNC(=NC)NCCc2nc(C(F)(F)F)cs2)s1.I. The summed E-state index contributed by atoms with van der Waals surface area (Å²) >= 11 is 2.72. The molecule has 0 radical (unpaired) electrons. The molecule has 11 heteroatoms. The first kappa shape index (κ1) is 23.1. The van der Waals surface area contributed by atoms with Crippen molar-refractivity contribution in [2.24, 2.45) is 4.99 Å². The van der Waals surface area contributed by atoms with Crippen molar-refractivity contribution in [2.45, 2.75) is 32.4 Å². The van der Waals surface area contributed by atoms with Crippen LogP contribution in [0.4, 0.5) is 13.2 Å². The number of aromatic nitrogens is 2. The third-order valence-corrected chi connectivity index (χ3v) is 5.39. The van der Waals surface area contributed by atoms with E-state index in [2.05, 4.69) is 32.5 Å². The molecule has 2 heterocycles. The van der Waals surface area contributed by atoms with E-state index in [4.69, 9.17) is 0 Å². The molecule has 0 unspecified atom stereocenters. The Balaban J connectivity index is 0.00000338. The van der Waals surface area contributed by atoms with Crippen molar-refractivity contribution in [3.05, 3.63) is 32.2 Å². The molecule has 0 fully saturated rings. The Kier molecular flexibility index (Phi) is 9.79. The zero-order chi connectivity index (χ0) is 18.3. The van der Waals surface area contributed by atoms with Crippen LogP contribution in [0, 0.1) is 0 Å². The van der Waals surface area contributed by atoms with Crippen LogP contribution in [0.15, 0.2) is 16.6 Å². The first-order valence-electron chi connectivity index (χ1n) is 7.82. The lowest BCUT2D eigenvalue weighted by molar-refractivity contribution is -0.140. The molecule has 0 saturated heterocycles. The van der Waals surface area contributed by atoms with Crippen LogP contribution in [0.3, 0.4) is 0 Å². The monoisotopic (exact) mass is 519 g/mol. The van der Waals surface area contributed by atoms with E-state index in [-0.39, 0.29) is 24.0 Å². The fourth-order valence-corrected chi connectivity index (χ4v) is 3.65. The van der Waals surface area contributed by atoms with E-state index in [0.29, 0.717) is 30.5 Å². The number of hydrogen-bond acceptors (Lipinski definition) is 5. The van der Waals surface area contributed by atoms with Crippen molar-refractivity contribution >= 4 is 52.6 Å². The van der Waals surface area contributed by atoms with Crippen molar-refractivity contribution in [1.82, 2.24) is 20.6 Å². The van der Waals surface area contributed by atoms with E-state index in [1.165, 1.54) is 4.88 Å². The van der Waals surface area contributed by atoms with Crippen LogP contribution < -0.4 is 10.6 Å². The van der Waals surface area contributed by atoms with Gasteiger partial charge in [-0.1, -0.05) is 6.92 Å². The minimum Gasteiger partial charge on any atom is -0.356 e. The Morgan fingerprint density at radius 2 is 1.85 bits per heavy atom. The van der Waals surface area contributed by atoms with Crippen molar-refractivity contribution in [1.29, 1.82) is 0 Å². The summed E-state index contributed by atoms with van der Waals surface area (Å²) in [6.07, 6.45) is -0.286. The van der Waals surface area contributed by atoms with Gasteiger partial charge in [0.25, 0.3) is 0 Å². The molecule has 0 aliphatic heterocycles. The standard InChI is InChI=1S/C15H20F3N5S2.HI/c1-3-10-8-22-12(25-10)4-6-20-14(19-2)21-7-5-13-23-11(9-24-13)15(16,17)18;/h8-9H,3-7H2,1-2H3,(H2,19,20,21);1H. The summed E-state index contributed by atoms with van der Waals surface area (Å²) in [4.78, 5) is 13.3. The zero-order valence-electron chi connectivity index (χ0n) is 14.4. The number of nitrogens with zero attached hydrogens (tertiary/aromatic N) is 3. The second-order valence-corrected chi connectivity index (χ2v) is 7.27. The van der Waals surface area contributed by atoms with Crippen LogP contribution in [0.2, 0.25) is 0 Å². The second-order valence-electron chi connectivity index (χ2n) is 5.12. The van der Waals surface area contributed by atoms with Crippen molar-refractivity contribution in [2.75, 3.05) is 20.1 Å². The fourth-order valence-electron chi connectivity index (χ4n) is 1.98. The molecule has 2 N–H and O–H groups in total. The molecule has 2 aromatic heterocycles. The summed E-state index contributed by atoms with van der Waals surface area (Å²) in [5.41, 5.74) is -0.829. The van der Waals surface area contributed by atoms with Gasteiger partial charge in [0.15, 0.2) is 11.7 Å². The number of guanidine groups is 1. The number of halogens is 4. The third kappa shape index (κ3) is 7.35. The van der Waals surface area contributed by atoms with Gasteiger partial charge in [-0.3, -0.25) is 4.99 Å². The second kappa shape index (κ2) is 11.0. The third-order valence-electron chi connectivity index (χ3n) is 3.28. The quantitative estimate of drug-likeness (QED) is 0.333. The molecule has 0 atom stereocenters. The molecule has 5 nitrogen and oxygen atoms in total. The Morgan fingerprint density at radius 1 is 1.19 bits per heavy atom. The van der Waals surface area contributed by atoms with Crippen LogP contribution in [0.5, 0.6) is 0 Å². The first-order chi connectivity index (χ1) is 11.9. The van der Waals surface area contributed by atoms with Gasteiger partial charge in [0.2, 0.25) is 0 Å². The van der Waals surface area contributed by atoms with Crippen LogP contribution in [-0.4, -0.2) is 36.1 Å². The Morgan fingerprint density at radius 3 is 2.35 bits per heavy atom. The molecule has 2 rings (SSSR count). The maximum absolute atomic E-state index is 12.5. The number of hydrogen-bond donors (Lipinski definition) is 2. The largest absolute Gasteiger partial charge is 0.434 e. The smallest absolute Gasteiger partial charge is 0.356 e. The highest BCUT2D eigenvalue weighted by molar-refractivity contribution is 14.0. The summed E-state index contributed by atoms with van der Waals surface area (Å²) in [7, 11) is 1.65. The molecular weight excluding hydrogens is 498 g/mol. The number of nitrogens with one attached hydrogen (secondary N) is 2.